The molecule has 0 saturated heterocycles. The first kappa shape index (κ1) is 26.0. The number of amides is 1. The average Bonchev–Trinajstić information content (AvgIpc) is 3.09. The third kappa shape index (κ3) is 6.17. The zero-order chi connectivity index (χ0) is 25.9. The zero-order valence-corrected chi connectivity index (χ0v) is 21.9. The number of carbonyl (C=O) groups excluding carboxylic acids is 2. The highest BCUT2D eigenvalue weighted by Gasteiger charge is 2.27. The topological polar surface area (TPSA) is 95.7 Å². The van der Waals surface area contributed by atoms with Gasteiger partial charge in [-0.2, -0.15) is 5.10 Å². The fraction of sp³-hybridized carbons (Fsp3) is 0.630. The molecule has 4 rings (SSSR count). The van der Waals surface area contributed by atoms with E-state index in [0.717, 1.165) is 49.8 Å². The van der Waals surface area contributed by atoms with Crippen LogP contribution >= 0.6 is 0 Å². The van der Waals surface area contributed by atoms with Crippen molar-refractivity contribution in [1.82, 2.24) is 19.2 Å². The van der Waals surface area contributed by atoms with Gasteiger partial charge in [-0.3, -0.25) is 4.79 Å². The maximum atomic E-state index is 13.2. The fourth-order valence-corrected chi connectivity index (χ4v) is 5.22. The van der Waals surface area contributed by atoms with Crippen LogP contribution in [0.2, 0.25) is 0 Å². The molecule has 0 atom stereocenters. The van der Waals surface area contributed by atoms with Crippen molar-refractivity contribution in [2.45, 2.75) is 83.8 Å². The monoisotopic (exact) mass is 498 g/mol. The van der Waals surface area contributed by atoms with Gasteiger partial charge in [0, 0.05) is 19.5 Å². The highest BCUT2D eigenvalue weighted by atomic mass is 16.6. The Morgan fingerprint density at radius 1 is 1.06 bits per heavy atom. The average molecular weight is 499 g/mol. The van der Waals surface area contributed by atoms with Gasteiger partial charge in [-0.05, 0) is 94.9 Å². The molecule has 0 spiro atoms. The predicted molar refractivity (Wildman–Crippen MR) is 135 cm³/mol. The molecule has 196 valence electrons. The van der Waals surface area contributed by atoms with Crippen LogP contribution in [0.1, 0.15) is 76.5 Å². The van der Waals surface area contributed by atoms with Crippen LogP contribution in [0, 0.1) is 5.92 Å². The van der Waals surface area contributed by atoms with Crippen LogP contribution in [0.15, 0.2) is 29.3 Å². The van der Waals surface area contributed by atoms with Gasteiger partial charge in [0.15, 0.2) is 0 Å². The standard InChI is InChI=1S/C27H38N4O5/c1-27(2,3)36-26(34)29-15-13-20-8-11-23(17-21(20)14-16-29)30-18-28-31(25(30)33)22-9-5-19(6-10-22)7-12-24(32)35-4/h8,11,17-19,22H,5-7,9-10,12-16H2,1-4H3/t19-,22-. The van der Waals surface area contributed by atoms with E-state index in [-0.39, 0.29) is 23.8 Å². The Hall–Kier alpha value is -3.10. The molecule has 1 aromatic heterocycles. The first-order valence-electron chi connectivity index (χ1n) is 13.0. The maximum absolute atomic E-state index is 13.2. The second-order valence-corrected chi connectivity index (χ2v) is 10.9. The molecule has 36 heavy (non-hydrogen) atoms. The van der Waals surface area contributed by atoms with E-state index in [0.29, 0.717) is 31.8 Å². The van der Waals surface area contributed by atoms with Gasteiger partial charge in [-0.15, -0.1) is 0 Å². The lowest BCUT2D eigenvalue weighted by molar-refractivity contribution is -0.141. The van der Waals surface area contributed by atoms with Crippen molar-refractivity contribution in [2.24, 2.45) is 5.92 Å². The Bertz CT molecular complexity index is 1140. The summed E-state index contributed by atoms with van der Waals surface area (Å²) >= 11 is 0. The molecule has 0 radical (unpaired) electrons. The first-order valence-corrected chi connectivity index (χ1v) is 13.0. The quantitative estimate of drug-likeness (QED) is 0.577. The van der Waals surface area contributed by atoms with E-state index in [9.17, 15) is 14.4 Å². The third-order valence-electron chi connectivity index (χ3n) is 7.26. The van der Waals surface area contributed by atoms with E-state index in [1.165, 1.54) is 12.7 Å². The molecule has 1 aliphatic heterocycles. The number of fused-ring (bicyclic) bond motifs is 1. The van der Waals surface area contributed by atoms with Crippen LogP contribution in [-0.4, -0.2) is 57.1 Å². The van der Waals surface area contributed by atoms with Gasteiger partial charge in [0.05, 0.1) is 18.8 Å². The molecule has 1 saturated carbocycles. The van der Waals surface area contributed by atoms with Crippen LogP contribution in [0.5, 0.6) is 0 Å². The van der Waals surface area contributed by atoms with E-state index in [1.807, 2.05) is 32.9 Å². The van der Waals surface area contributed by atoms with E-state index in [2.05, 4.69) is 11.2 Å². The van der Waals surface area contributed by atoms with Gasteiger partial charge in [-0.1, -0.05) is 6.07 Å². The molecule has 0 unspecified atom stereocenters. The molecule has 1 aliphatic carbocycles. The summed E-state index contributed by atoms with van der Waals surface area (Å²) < 4.78 is 13.5. The number of benzene rings is 1. The summed E-state index contributed by atoms with van der Waals surface area (Å²) in [4.78, 5) is 39.0. The van der Waals surface area contributed by atoms with Crippen LogP contribution in [-0.2, 0) is 27.1 Å². The number of ether oxygens (including phenoxy) is 2. The summed E-state index contributed by atoms with van der Waals surface area (Å²) in [6.45, 7) is 6.82. The van der Waals surface area contributed by atoms with Crippen molar-refractivity contribution < 1.29 is 19.1 Å². The van der Waals surface area contributed by atoms with Gasteiger partial charge in [0.2, 0.25) is 0 Å². The third-order valence-corrected chi connectivity index (χ3v) is 7.26. The SMILES string of the molecule is COC(=O)CC[C@H]1CC[C@H](n2ncn(-c3ccc4c(c3)CCN(C(=O)OC(C)(C)C)CC4)c2=O)CC1. The minimum Gasteiger partial charge on any atom is -0.469 e. The molecule has 1 fully saturated rings. The van der Waals surface area contributed by atoms with Gasteiger partial charge in [0.25, 0.3) is 0 Å². The van der Waals surface area contributed by atoms with Gasteiger partial charge in [-0.25, -0.2) is 18.8 Å². The lowest BCUT2D eigenvalue weighted by Gasteiger charge is -2.27. The Kier molecular flexibility index (Phi) is 7.85. The summed E-state index contributed by atoms with van der Waals surface area (Å²) in [5.74, 6) is 0.327. The number of aromatic nitrogens is 3. The van der Waals surface area contributed by atoms with Gasteiger partial charge >= 0.3 is 17.8 Å². The van der Waals surface area contributed by atoms with E-state index >= 15 is 0 Å². The van der Waals surface area contributed by atoms with Crippen molar-refractivity contribution in [3.05, 3.63) is 46.1 Å². The molecular formula is C27H38N4O5. The van der Waals surface area contributed by atoms with Gasteiger partial charge in [0.1, 0.15) is 11.9 Å². The Labute approximate surface area is 212 Å². The van der Waals surface area contributed by atoms with Gasteiger partial charge < -0.3 is 14.4 Å². The second-order valence-electron chi connectivity index (χ2n) is 10.9. The van der Waals surface area contributed by atoms with Crippen LogP contribution in [0.4, 0.5) is 4.79 Å². The highest BCUT2D eigenvalue weighted by Crippen LogP contribution is 2.33. The predicted octanol–water partition coefficient (Wildman–Crippen LogP) is 4.05. The first-order chi connectivity index (χ1) is 17.1. The number of hydrogen-bond acceptors (Lipinski definition) is 6. The molecule has 0 bridgehead atoms. The Morgan fingerprint density at radius 3 is 2.42 bits per heavy atom. The Balaban J connectivity index is 1.41. The van der Waals surface area contributed by atoms with Crippen LogP contribution in [0.25, 0.3) is 5.69 Å². The molecule has 2 aliphatic rings. The van der Waals surface area contributed by atoms with Crippen LogP contribution < -0.4 is 5.69 Å². The molecule has 1 aromatic carbocycles. The number of methoxy groups -OCH3 is 1. The second kappa shape index (κ2) is 10.9. The lowest BCUT2D eigenvalue weighted by atomic mass is 9.83. The smallest absolute Gasteiger partial charge is 0.410 e. The minimum absolute atomic E-state index is 0.0799. The maximum Gasteiger partial charge on any atom is 0.410 e. The summed E-state index contributed by atoms with van der Waals surface area (Å²) in [6.07, 6.45) is 7.80. The highest BCUT2D eigenvalue weighted by molar-refractivity contribution is 5.69. The molecule has 1 amide bonds. The summed E-state index contributed by atoms with van der Waals surface area (Å²) in [5, 5.41) is 4.45. The van der Waals surface area contributed by atoms with Crippen molar-refractivity contribution in [3.63, 3.8) is 0 Å². The van der Waals surface area contributed by atoms with Crippen molar-refractivity contribution in [2.75, 3.05) is 20.2 Å². The molecule has 2 heterocycles. The van der Waals surface area contributed by atoms with E-state index < -0.39 is 5.60 Å². The fourth-order valence-electron chi connectivity index (χ4n) is 5.22. The van der Waals surface area contributed by atoms with Crippen LogP contribution in [0.3, 0.4) is 0 Å². The molecule has 0 N–H and O–H groups in total. The lowest BCUT2D eigenvalue weighted by Crippen LogP contribution is -2.38. The van der Waals surface area contributed by atoms with Crippen molar-refractivity contribution in [3.8, 4) is 5.69 Å². The van der Waals surface area contributed by atoms with Crippen molar-refractivity contribution in [1.29, 1.82) is 0 Å². The molecular weight excluding hydrogens is 460 g/mol. The number of carbonyl (C=O) groups is 2. The zero-order valence-electron chi connectivity index (χ0n) is 21.9. The largest absolute Gasteiger partial charge is 0.469 e. The number of esters is 1. The number of nitrogens with zero attached hydrogens (tertiary/aromatic N) is 4. The molecule has 2 aromatic rings. The molecule has 9 nitrogen and oxygen atoms in total. The number of rotatable bonds is 5. The molecule has 9 heteroatoms. The van der Waals surface area contributed by atoms with E-state index in [1.54, 1.807) is 20.5 Å². The van der Waals surface area contributed by atoms with E-state index in [4.69, 9.17) is 9.47 Å². The summed E-state index contributed by atoms with van der Waals surface area (Å²) in [7, 11) is 1.42. The van der Waals surface area contributed by atoms with Crippen molar-refractivity contribution >= 4 is 12.1 Å². The normalized spacial score (nSPS) is 20.4. The Morgan fingerprint density at radius 2 is 1.75 bits per heavy atom. The minimum atomic E-state index is -0.521. The summed E-state index contributed by atoms with van der Waals surface area (Å²) in [5.41, 5.74) is 2.48. The number of hydrogen-bond donors (Lipinski definition) is 0. The summed E-state index contributed by atoms with van der Waals surface area (Å²) in [6, 6.07) is 6.14.